The van der Waals surface area contributed by atoms with E-state index in [1.54, 1.807) is 7.05 Å². The zero-order valence-corrected chi connectivity index (χ0v) is 8.58. The average molecular weight is 192 g/mol. The maximum Gasteiger partial charge on any atom is 0.219 e. The van der Waals surface area contributed by atoms with Gasteiger partial charge in [-0.25, -0.2) is 4.68 Å². The van der Waals surface area contributed by atoms with Gasteiger partial charge in [-0.2, -0.15) is 9.49 Å². The molecule has 2 rings (SSSR count). The quantitative estimate of drug-likeness (QED) is 0.679. The van der Waals surface area contributed by atoms with Crippen molar-refractivity contribution in [2.75, 3.05) is 0 Å². The first-order valence-corrected chi connectivity index (χ1v) is 4.72. The summed E-state index contributed by atoms with van der Waals surface area (Å²) >= 11 is 0. The molecule has 0 N–H and O–H groups in total. The van der Waals surface area contributed by atoms with Gasteiger partial charge in [-0.3, -0.25) is 0 Å². The second kappa shape index (κ2) is 3.08. The zero-order valence-electron chi connectivity index (χ0n) is 8.58. The standard InChI is InChI=1S/C11H13FN2/c1-7(2)8-5-4-6-9-10(8)11(12)14(3)13-9/h4-7H,1-3H3. The van der Waals surface area contributed by atoms with Gasteiger partial charge in [-0.15, -0.1) is 0 Å². The number of aryl methyl sites for hydroxylation is 1. The zero-order chi connectivity index (χ0) is 10.3. The van der Waals surface area contributed by atoms with Crippen molar-refractivity contribution in [1.82, 2.24) is 9.78 Å². The molecule has 2 aromatic rings. The molecule has 0 bridgehead atoms. The molecule has 0 saturated heterocycles. The Bertz CT molecular complexity index is 471. The molecule has 0 unspecified atom stereocenters. The van der Waals surface area contributed by atoms with Crippen molar-refractivity contribution in [2.24, 2.45) is 7.05 Å². The lowest BCUT2D eigenvalue weighted by Crippen LogP contribution is -1.94. The molecular weight excluding hydrogens is 179 g/mol. The molecule has 3 heteroatoms. The van der Waals surface area contributed by atoms with Crippen LogP contribution in [0.1, 0.15) is 25.3 Å². The van der Waals surface area contributed by atoms with Gasteiger partial charge in [0.2, 0.25) is 5.95 Å². The Kier molecular flexibility index (Phi) is 2.02. The predicted octanol–water partition coefficient (Wildman–Crippen LogP) is 2.84. The maximum absolute atomic E-state index is 13.7. The summed E-state index contributed by atoms with van der Waals surface area (Å²) in [6, 6.07) is 5.71. The first kappa shape index (κ1) is 9.19. The molecule has 0 aliphatic rings. The molecule has 0 fully saturated rings. The second-order valence-electron chi connectivity index (χ2n) is 3.81. The third-order valence-electron chi connectivity index (χ3n) is 2.44. The lowest BCUT2D eigenvalue weighted by atomic mass is 9.99. The van der Waals surface area contributed by atoms with Crippen LogP contribution in [0.25, 0.3) is 10.9 Å². The monoisotopic (exact) mass is 192 g/mol. The van der Waals surface area contributed by atoms with Crippen molar-refractivity contribution in [1.29, 1.82) is 0 Å². The van der Waals surface area contributed by atoms with E-state index in [2.05, 4.69) is 18.9 Å². The minimum absolute atomic E-state index is 0.246. The highest BCUT2D eigenvalue weighted by atomic mass is 19.1. The Balaban J connectivity index is 2.84. The van der Waals surface area contributed by atoms with Crippen molar-refractivity contribution < 1.29 is 4.39 Å². The molecule has 0 saturated carbocycles. The van der Waals surface area contributed by atoms with Gasteiger partial charge in [-0.05, 0) is 17.5 Å². The molecule has 0 radical (unpaired) electrons. The molecule has 0 spiro atoms. The largest absolute Gasteiger partial charge is 0.242 e. The lowest BCUT2D eigenvalue weighted by molar-refractivity contribution is 0.511. The van der Waals surface area contributed by atoms with Crippen LogP contribution in [0.3, 0.4) is 0 Å². The number of hydrogen-bond donors (Lipinski definition) is 0. The first-order chi connectivity index (χ1) is 6.61. The predicted molar refractivity (Wildman–Crippen MR) is 54.8 cm³/mol. The third-order valence-corrected chi connectivity index (χ3v) is 2.44. The Labute approximate surface area is 82.3 Å². The lowest BCUT2D eigenvalue weighted by Gasteiger charge is -2.05. The molecule has 0 aliphatic heterocycles. The average Bonchev–Trinajstić information content (AvgIpc) is 2.43. The number of nitrogens with zero attached hydrogens (tertiary/aromatic N) is 2. The van der Waals surface area contributed by atoms with Crippen LogP contribution in [-0.2, 0) is 7.05 Å². The molecule has 0 aliphatic carbocycles. The van der Waals surface area contributed by atoms with Crippen molar-refractivity contribution in [3.05, 3.63) is 29.7 Å². The Morgan fingerprint density at radius 3 is 2.71 bits per heavy atom. The van der Waals surface area contributed by atoms with Crippen LogP contribution in [-0.4, -0.2) is 9.78 Å². The summed E-state index contributed by atoms with van der Waals surface area (Å²) in [5.74, 6) is 0.0710. The summed E-state index contributed by atoms with van der Waals surface area (Å²) in [5.41, 5.74) is 1.75. The summed E-state index contributed by atoms with van der Waals surface area (Å²) < 4.78 is 15.0. The molecule has 74 valence electrons. The van der Waals surface area contributed by atoms with E-state index in [9.17, 15) is 4.39 Å². The highest BCUT2D eigenvalue weighted by Gasteiger charge is 2.13. The van der Waals surface area contributed by atoms with Crippen LogP contribution in [0.2, 0.25) is 0 Å². The molecule has 0 atom stereocenters. The Morgan fingerprint density at radius 1 is 1.36 bits per heavy atom. The SMILES string of the molecule is CC(C)c1cccc2nn(C)c(F)c12. The fraction of sp³-hybridized carbons (Fsp3) is 0.364. The molecule has 2 nitrogen and oxygen atoms in total. The molecule has 1 aromatic carbocycles. The fourth-order valence-corrected chi connectivity index (χ4v) is 1.71. The second-order valence-corrected chi connectivity index (χ2v) is 3.81. The van der Waals surface area contributed by atoms with E-state index in [0.717, 1.165) is 11.1 Å². The van der Waals surface area contributed by atoms with Crippen LogP contribution < -0.4 is 0 Å². The van der Waals surface area contributed by atoms with E-state index in [1.807, 2.05) is 18.2 Å². The van der Waals surface area contributed by atoms with Crippen molar-refractivity contribution >= 4 is 10.9 Å². The van der Waals surface area contributed by atoms with Gasteiger partial charge in [0.05, 0.1) is 10.9 Å². The minimum Gasteiger partial charge on any atom is -0.242 e. The highest BCUT2D eigenvalue weighted by Crippen LogP contribution is 2.26. The van der Waals surface area contributed by atoms with Gasteiger partial charge in [0.15, 0.2) is 0 Å². The van der Waals surface area contributed by atoms with Crippen LogP contribution in [0.4, 0.5) is 4.39 Å². The summed E-state index contributed by atoms with van der Waals surface area (Å²) in [7, 11) is 1.62. The van der Waals surface area contributed by atoms with Crippen LogP contribution in [0.15, 0.2) is 18.2 Å². The van der Waals surface area contributed by atoms with Gasteiger partial charge in [-0.1, -0.05) is 26.0 Å². The topological polar surface area (TPSA) is 17.8 Å². The smallest absolute Gasteiger partial charge is 0.219 e. The van der Waals surface area contributed by atoms with Gasteiger partial charge in [0.25, 0.3) is 0 Å². The van der Waals surface area contributed by atoms with Crippen LogP contribution in [0, 0.1) is 5.95 Å². The molecule has 1 aromatic heterocycles. The van der Waals surface area contributed by atoms with Crippen molar-refractivity contribution in [2.45, 2.75) is 19.8 Å². The number of aromatic nitrogens is 2. The highest BCUT2D eigenvalue weighted by molar-refractivity contribution is 5.82. The summed E-state index contributed by atoms with van der Waals surface area (Å²) in [4.78, 5) is 0. The number of rotatable bonds is 1. The van der Waals surface area contributed by atoms with Gasteiger partial charge >= 0.3 is 0 Å². The van der Waals surface area contributed by atoms with Crippen molar-refractivity contribution in [3.8, 4) is 0 Å². The summed E-state index contributed by atoms with van der Waals surface area (Å²) in [5, 5.41) is 4.75. The minimum atomic E-state index is -0.246. The van der Waals surface area contributed by atoms with Crippen LogP contribution >= 0.6 is 0 Å². The molecule has 1 heterocycles. The van der Waals surface area contributed by atoms with E-state index in [1.165, 1.54) is 4.68 Å². The number of benzene rings is 1. The van der Waals surface area contributed by atoms with Crippen LogP contribution in [0.5, 0.6) is 0 Å². The van der Waals surface area contributed by atoms with E-state index >= 15 is 0 Å². The van der Waals surface area contributed by atoms with Gasteiger partial charge in [0, 0.05) is 7.05 Å². The van der Waals surface area contributed by atoms with E-state index < -0.39 is 0 Å². The van der Waals surface area contributed by atoms with E-state index in [-0.39, 0.29) is 5.95 Å². The summed E-state index contributed by atoms with van der Waals surface area (Å²) in [6.07, 6.45) is 0. The first-order valence-electron chi connectivity index (χ1n) is 4.72. The Hall–Kier alpha value is -1.38. The Morgan fingerprint density at radius 2 is 2.07 bits per heavy atom. The maximum atomic E-state index is 13.7. The summed E-state index contributed by atoms with van der Waals surface area (Å²) in [6.45, 7) is 4.11. The van der Waals surface area contributed by atoms with E-state index in [4.69, 9.17) is 0 Å². The van der Waals surface area contributed by atoms with Gasteiger partial charge < -0.3 is 0 Å². The normalized spacial score (nSPS) is 11.5. The molecule has 0 amide bonds. The number of hydrogen-bond acceptors (Lipinski definition) is 1. The molecule has 14 heavy (non-hydrogen) atoms. The number of halogens is 1. The fourth-order valence-electron chi connectivity index (χ4n) is 1.71. The molecular formula is C11H13FN2. The number of fused-ring (bicyclic) bond motifs is 1. The van der Waals surface area contributed by atoms with Crippen molar-refractivity contribution in [3.63, 3.8) is 0 Å². The van der Waals surface area contributed by atoms with E-state index in [0.29, 0.717) is 11.3 Å². The van der Waals surface area contributed by atoms with Gasteiger partial charge in [0.1, 0.15) is 0 Å². The third kappa shape index (κ3) is 1.20.